The summed E-state index contributed by atoms with van der Waals surface area (Å²) in [4.78, 5) is 13.5. The van der Waals surface area contributed by atoms with Gasteiger partial charge in [-0.15, -0.1) is 0 Å². The van der Waals surface area contributed by atoms with Crippen LogP contribution in [0.3, 0.4) is 0 Å². The number of hydrogen-bond donors (Lipinski definition) is 0. The molecule has 2 heterocycles. The van der Waals surface area contributed by atoms with Crippen LogP contribution in [0.5, 0.6) is 0 Å². The van der Waals surface area contributed by atoms with Gasteiger partial charge in [-0.3, -0.25) is 4.90 Å². The van der Waals surface area contributed by atoms with Crippen LogP contribution in [0.1, 0.15) is 12.5 Å². The first-order chi connectivity index (χ1) is 9.67. The molecule has 1 aromatic rings. The molecule has 0 aliphatic carbocycles. The minimum atomic E-state index is -0.585. The second kappa shape index (κ2) is 5.42. The third-order valence-electron chi connectivity index (χ3n) is 3.59. The lowest BCUT2D eigenvalue weighted by Gasteiger charge is -2.50. The number of likely N-dealkylation sites (tertiary alicyclic amines) is 1. The van der Waals surface area contributed by atoms with Crippen LogP contribution in [0.4, 0.5) is 4.79 Å². The van der Waals surface area contributed by atoms with Crippen LogP contribution in [0.15, 0.2) is 30.3 Å². The standard InChI is InChI=1S/C15H19NO4/c1-12-7-19-15(20-8-12)10-16(11-15)14(17)18-9-13-5-3-2-4-6-13/h2-6,12H,7-11H2,1H3. The van der Waals surface area contributed by atoms with Gasteiger partial charge in [0.25, 0.3) is 0 Å². The van der Waals surface area contributed by atoms with Gasteiger partial charge >= 0.3 is 6.09 Å². The van der Waals surface area contributed by atoms with Gasteiger partial charge in [0.2, 0.25) is 5.79 Å². The van der Waals surface area contributed by atoms with Gasteiger partial charge in [-0.25, -0.2) is 4.79 Å². The molecule has 5 heteroatoms. The number of ether oxygens (including phenoxy) is 3. The number of rotatable bonds is 2. The van der Waals surface area contributed by atoms with Crippen molar-refractivity contribution in [3.63, 3.8) is 0 Å². The Kier molecular flexibility index (Phi) is 3.63. The highest BCUT2D eigenvalue weighted by Gasteiger charge is 2.50. The highest BCUT2D eigenvalue weighted by atomic mass is 16.7. The van der Waals surface area contributed by atoms with E-state index < -0.39 is 5.79 Å². The van der Waals surface area contributed by atoms with Crippen molar-refractivity contribution < 1.29 is 19.0 Å². The van der Waals surface area contributed by atoms with Crippen molar-refractivity contribution in [1.82, 2.24) is 4.90 Å². The Morgan fingerprint density at radius 1 is 1.30 bits per heavy atom. The highest BCUT2D eigenvalue weighted by molar-refractivity contribution is 5.69. The highest BCUT2D eigenvalue weighted by Crippen LogP contribution is 2.31. The quantitative estimate of drug-likeness (QED) is 0.829. The zero-order valence-electron chi connectivity index (χ0n) is 11.6. The van der Waals surface area contributed by atoms with E-state index in [0.717, 1.165) is 5.56 Å². The first-order valence-corrected chi connectivity index (χ1v) is 6.90. The minimum absolute atomic E-state index is 0.294. The van der Waals surface area contributed by atoms with Gasteiger partial charge in [0, 0.05) is 5.92 Å². The van der Waals surface area contributed by atoms with Crippen LogP contribution >= 0.6 is 0 Å². The van der Waals surface area contributed by atoms with Crippen LogP contribution in [-0.4, -0.2) is 43.1 Å². The summed E-state index contributed by atoms with van der Waals surface area (Å²) in [6.07, 6.45) is -0.315. The summed E-state index contributed by atoms with van der Waals surface area (Å²) < 4.78 is 16.6. The predicted octanol–water partition coefficient (Wildman–Crippen LogP) is 2.02. The summed E-state index contributed by atoms with van der Waals surface area (Å²) in [6, 6.07) is 9.64. The smallest absolute Gasteiger partial charge is 0.410 e. The lowest BCUT2D eigenvalue weighted by Crippen LogP contribution is -2.68. The molecule has 2 aliphatic heterocycles. The van der Waals surface area contributed by atoms with E-state index in [0.29, 0.717) is 38.8 Å². The van der Waals surface area contributed by atoms with Crippen molar-refractivity contribution >= 4 is 6.09 Å². The molecule has 2 saturated heterocycles. The average molecular weight is 277 g/mol. The molecule has 5 nitrogen and oxygen atoms in total. The van der Waals surface area contributed by atoms with Gasteiger partial charge < -0.3 is 14.2 Å². The summed E-state index contributed by atoms with van der Waals surface area (Å²) in [5.74, 6) is -0.169. The Hall–Kier alpha value is -1.59. The molecular formula is C15H19NO4. The monoisotopic (exact) mass is 277 g/mol. The summed E-state index contributed by atoms with van der Waals surface area (Å²) in [7, 11) is 0. The molecular weight excluding hydrogens is 258 g/mol. The van der Waals surface area contributed by atoms with Crippen molar-refractivity contribution in [3.8, 4) is 0 Å². The summed E-state index contributed by atoms with van der Waals surface area (Å²) >= 11 is 0. The van der Waals surface area contributed by atoms with Crippen molar-refractivity contribution in [2.75, 3.05) is 26.3 Å². The summed E-state index contributed by atoms with van der Waals surface area (Å²) in [5, 5.41) is 0. The SMILES string of the molecule is CC1COC2(CN(C(=O)OCc3ccccc3)C2)OC1. The Morgan fingerprint density at radius 2 is 1.95 bits per heavy atom. The fraction of sp³-hybridized carbons (Fsp3) is 0.533. The van der Waals surface area contributed by atoms with E-state index in [2.05, 4.69) is 6.92 Å². The van der Waals surface area contributed by atoms with Crippen molar-refractivity contribution in [2.45, 2.75) is 19.3 Å². The van der Waals surface area contributed by atoms with Crippen molar-refractivity contribution in [2.24, 2.45) is 5.92 Å². The normalized spacial score (nSPS) is 21.6. The van der Waals surface area contributed by atoms with Crippen LogP contribution in [0.25, 0.3) is 0 Å². The van der Waals surface area contributed by atoms with Crippen LogP contribution in [-0.2, 0) is 20.8 Å². The van der Waals surface area contributed by atoms with Gasteiger partial charge in [-0.1, -0.05) is 37.3 Å². The molecule has 1 amide bonds. The summed E-state index contributed by atoms with van der Waals surface area (Å²) in [5.41, 5.74) is 0.982. The molecule has 0 radical (unpaired) electrons. The maximum absolute atomic E-state index is 11.9. The Bertz CT molecular complexity index is 460. The van der Waals surface area contributed by atoms with E-state index in [1.54, 1.807) is 4.90 Å². The molecule has 0 unspecified atom stereocenters. The topological polar surface area (TPSA) is 48.0 Å². The second-order valence-electron chi connectivity index (χ2n) is 5.53. The minimum Gasteiger partial charge on any atom is -0.445 e. The molecule has 0 N–H and O–H groups in total. The fourth-order valence-electron chi connectivity index (χ4n) is 2.34. The van der Waals surface area contributed by atoms with Gasteiger partial charge in [0.15, 0.2) is 0 Å². The zero-order valence-corrected chi connectivity index (χ0v) is 11.6. The maximum atomic E-state index is 11.9. The molecule has 0 aromatic heterocycles. The number of carbonyl (C=O) groups is 1. The van der Waals surface area contributed by atoms with Crippen LogP contribution in [0, 0.1) is 5.92 Å². The Balaban J connectivity index is 1.44. The molecule has 20 heavy (non-hydrogen) atoms. The number of amides is 1. The molecule has 108 valence electrons. The molecule has 1 spiro atoms. The lowest BCUT2D eigenvalue weighted by atomic mass is 10.1. The number of carbonyl (C=O) groups excluding carboxylic acids is 1. The maximum Gasteiger partial charge on any atom is 0.410 e. The van der Waals surface area contributed by atoms with Gasteiger partial charge in [0.05, 0.1) is 26.3 Å². The largest absolute Gasteiger partial charge is 0.445 e. The molecule has 2 fully saturated rings. The molecule has 3 rings (SSSR count). The summed E-state index contributed by atoms with van der Waals surface area (Å²) in [6.45, 7) is 4.65. The van der Waals surface area contributed by atoms with E-state index in [4.69, 9.17) is 14.2 Å². The zero-order chi connectivity index (χ0) is 14.0. The Morgan fingerprint density at radius 3 is 2.60 bits per heavy atom. The van der Waals surface area contributed by atoms with Crippen molar-refractivity contribution in [3.05, 3.63) is 35.9 Å². The molecule has 2 aliphatic rings. The van der Waals surface area contributed by atoms with Gasteiger partial charge in [0.1, 0.15) is 6.61 Å². The van der Waals surface area contributed by atoms with E-state index in [9.17, 15) is 4.79 Å². The Labute approximate surface area is 118 Å². The number of nitrogens with zero attached hydrogens (tertiary/aromatic N) is 1. The molecule has 0 atom stereocenters. The third kappa shape index (κ3) is 2.78. The third-order valence-corrected chi connectivity index (χ3v) is 3.59. The molecule has 0 bridgehead atoms. The van der Waals surface area contributed by atoms with E-state index in [1.165, 1.54) is 0 Å². The van der Waals surface area contributed by atoms with Crippen LogP contribution < -0.4 is 0 Å². The molecule has 0 saturated carbocycles. The first-order valence-electron chi connectivity index (χ1n) is 6.90. The van der Waals surface area contributed by atoms with Crippen molar-refractivity contribution in [1.29, 1.82) is 0 Å². The average Bonchev–Trinajstić information content (AvgIpc) is 2.45. The fourth-order valence-corrected chi connectivity index (χ4v) is 2.34. The van der Waals surface area contributed by atoms with Gasteiger partial charge in [-0.05, 0) is 5.56 Å². The first kappa shape index (κ1) is 13.4. The van der Waals surface area contributed by atoms with E-state index in [-0.39, 0.29) is 6.09 Å². The van der Waals surface area contributed by atoms with Crippen LogP contribution in [0.2, 0.25) is 0 Å². The van der Waals surface area contributed by atoms with E-state index in [1.807, 2.05) is 30.3 Å². The number of benzene rings is 1. The second-order valence-corrected chi connectivity index (χ2v) is 5.53. The molecule has 1 aromatic carbocycles. The lowest BCUT2D eigenvalue weighted by molar-refractivity contribution is -0.325. The van der Waals surface area contributed by atoms with E-state index >= 15 is 0 Å². The van der Waals surface area contributed by atoms with Gasteiger partial charge in [-0.2, -0.15) is 0 Å². The number of hydrogen-bond acceptors (Lipinski definition) is 4. The predicted molar refractivity (Wildman–Crippen MR) is 72.0 cm³/mol.